The summed E-state index contributed by atoms with van der Waals surface area (Å²) in [7, 11) is 1.62. The van der Waals surface area contributed by atoms with Gasteiger partial charge in [-0.25, -0.2) is 0 Å². The third kappa shape index (κ3) is 3.08. The average molecular weight is 265 g/mol. The van der Waals surface area contributed by atoms with Crippen LogP contribution < -0.4 is 10.6 Å². The fourth-order valence-electron chi connectivity index (χ4n) is 1.80. The van der Waals surface area contributed by atoms with Crippen molar-refractivity contribution in [3.63, 3.8) is 0 Å². The quantitative estimate of drug-likeness (QED) is 0.652. The van der Waals surface area contributed by atoms with Crippen LogP contribution in [-0.2, 0) is 4.79 Å². The number of rotatable bonds is 5. The first-order valence-corrected chi connectivity index (χ1v) is 6.17. The number of benzene rings is 1. The maximum atomic E-state index is 12.3. The van der Waals surface area contributed by atoms with Gasteiger partial charge in [0.15, 0.2) is 0 Å². The fourth-order valence-corrected chi connectivity index (χ4v) is 1.80. The Hall–Kier alpha value is -1.95. The molecule has 6 nitrogen and oxygen atoms in total. The lowest BCUT2D eigenvalue weighted by Gasteiger charge is -2.30. The molecule has 0 unspecified atom stereocenters. The number of amides is 1. The molecular weight excluding hydrogens is 246 g/mol. The van der Waals surface area contributed by atoms with Crippen LogP contribution in [0.1, 0.15) is 26.7 Å². The van der Waals surface area contributed by atoms with Crippen molar-refractivity contribution in [3.05, 3.63) is 34.4 Å². The maximum absolute atomic E-state index is 12.3. The van der Waals surface area contributed by atoms with E-state index in [1.54, 1.807) is 19.2 Å². The SMILES string of the molecule is CCC(N)(CC)C(=O)N(C)c1ccc([N+](=O)[O-])cc1. The molecule has 6 heteroatoms. The molecule has 0 fully saturated rings. The molecule has 1 aromatic carbocycles. The van der Waals surface area contributed by atoms with Gasteiger partial charge in [-0.2, -0.15) is 0 Å². The third-order valence-electron chi connectivity index (χ3n) is 3.44. The second kappa shape index (κ2) is 5.79. The number of nitrogens with two attached hydrogens (primary N) is 1. The van der Waals surface area contributed by atoms with E-state index in [1.165, 1.54) is 17.0 Å². The molecule has 1 amide bonds. The van der Waals surface area contributed by atoms with Crippen LogP contribution in [0.5, 0.6) is 0 Å². The van der Waals surface area contributed by atoms with Gasteiger partial charge in [-0.05, 0) is 25.0 Å². The van der Waals surface area contributed by atoms with E-state index in [9.17, 15) is 14.9 Å². The van der Waals surface area contributed by atoms with Crippen molar-refractivity contribution >= 4 is 17.3 Å². The first-order valence-electron chi connectivity index (χ1n) is 6.17. The lowest BCUT2D eigenvalue weighted by molar-refractivity contribution is -0.384. The number of carbonyl (C=O) groups is 1. The molecule has 0 saturated heterocycles. The monoisotopic (exact) mass is 265 g/mol. The number of hydrogen-bond acceptors (Lipinski definition) is 4. The molecule has 0 atom stereocenters. The van der Waals surface area contributed by atoms with E-state index >= 15 is 0 Å². The minimum absolute atomic E-state index is 0.00501. The van der Waals surface area contributed by atoms with Crippen LogP contribution in [0.15, 0.2) is 24.3 Å². The van der Waals surface area contributed by atoms with Gasteiger partial charge in [-0.15, -0.1) is 0 Å². The van der Waals surface area contributed by atoms with E-state index in [2.05, 4.69) is 0 Å². The molecule has 19 heavy (non-hydrogen) atoms. The van der Waals surface area contributed by atoms with Gasteiger partial charge in [0.25, 0.3) is 5.69 Å². The number of hydrogen-bond donors (Lipinski definition) is 1. The van der Waals surface area contributed by atoms with Gasteiger partial charge in [0, 0.05) is 24.9 Å². The molecule has 2 N–H and O–H groups in total. The Labute approximate surface area is 112 Å². The molecule has 1 aromatic rings. The number of carbonyl (C=O) groups excluding carboxylic acids is 1. The van der Waals surface area contributed by atoms with Crippen LogP contribution in [0.25, 0.3) is 0 Å². The molecule has 104 valence electrons. The summed E-state index contributed by atoms with van der Waals surface area (Å²) in [5.41, 5.74) is 5.75. The van der Waals surface area contributed by atoms with Crippen LogP contribution >= 0.6 is 0 Å². The molecule has 0 aliphatic heterocycles. The van der Waals surface area contributed by atoms with Crippen molar-refractivity contribution in [2.45, 2.75) is 32.2 Å². The number of nitrogens with zero attached hydrogens (tertiary/aromatic N) is 2. The molecule has 0 aromatic heterocycles. The van der Waals surface area contributed by atoms with Crippen LogP contribution in [0.2, 0.25) is 0 Å². The molecule has 0 radical (unpaired) electrons. The van der Waals surface area contributed by atoms with E-state index in [0.717, 1.165) is 0 Å². The lowest BCUT2D eigenvalue weighted by atomic mass is 9.92. The van der Waals surface area contributed by atoms with E-state index in [-0.39, 0.29) is 11.6 Å². The minimum Gasteiger partial charge on any atom is -0.317 e. The van der Waals surface area contributed by atoms with E-state index < -0.39 is 10.5 Å². The highest BCUT2D eigenvalue weighted by Gasteiger charge is 2.33. The maximum Gasteiger partial charge on any atom is 0.269 e. The van der Waals surface area contributed by atoms with Gasteiger partial charge in [-0.3, -0.25) is 14.9 Å². The van der Waals surface area contributed by atoms with Crippen LogP contribution in [0.3, 0.4) is 0 Å². The molecule has 0 bridgehead atoms. The van der Waals surface area contributed by atoms with Crippen molar-refractivity contribution in [2.75, 3.05) is 11.9 Å². The van der Waals surface area contributed by atoms with Gasteiger partial charge < -0.3 is 10.6 Å². The van der Waals surface area contributed by atoms with Gasteiger partial charge in [0.05, 0.1) is 10.5 Å². The minimum atomic E-state index is -0.892. The Balaban J connectivity index is 2.97. The Morgan fingerprint density at radius 1 is 1.32 bits per heavy atom. The van der Waals surface area contributed by atoms with Crippen molar-refractivity contribution in [1.82, 2.24) is 0 Å². The third-order valence-corrected chi connectivity index (χ3v) is 3.44. The zero-order valence-corrected chi connectivity index (χ0v) is 11.4. The van der Waals surface area contributed by atoms with E-state index in [1.807, 2.05) is 13.8 Å². The molecule has 1 rings (SSSR count). The Morgan fingerprint density at radius 3 is 2.16 bits per heavy atom. The summed E-state index contributed by atoms with van der Waals surface area (Å²) in [6, 6.07) is 5.83. The fraction of sp³-hybridized carbons (Fsp3) is 0.462. The summed E-state index contributed by atoms with van der Waals surface area (Å²) >= 11 is 0. The summed E-state index contributed by atoms with van der Waals surface area (Å²) < 4.78 is 0. The summed E-state index contributed by atoms with van der Waals surface area (Å²) in [5, 5.41) is 10.6. The largest absolute Gasteiger partial charge is 0.317 e. The highest BCUT2D eigenvalue weighted by atomic mass is 16.6. The molecule has 0 spiro atoms. The highest BCUT2D eigenvalue weighted by molar-refractivity contribution is 5.99. The zero-order chi connectivity index (χ0) is 14.6. The van der Waals surface area contributed by atoms with E-state index in [0.29, 0.717) is 18.5 Å². The van der Waals surface area contributed by atoms with Gasteiger partial charge in [0.2, 0.25) is 5.91 Å². The zero-order valence-electron chi connectivity index (χ0n) is 11.4. The predicted octanol–water partition coefficient (Wildman–Crippen LogP) is 2.08. The molecule has 0 aliphatic rings. The normalized spacial score (nSPS) is 11.2. The van der Waals surface area contributed by atoms with Crippen LogP contribution in [-0.4, -0.2) is 23.4 Å². The Morgan fingerprint density at radius 2 is 1.79 bits per heavy atom. The highest BCUT2D eigenvalue weighted by Crippen LogP contribution is 2.22. The predicted molar refractivity (Wildman–Crippen MR) is 74.0 cm³/mol. The first-order chi connectivity index (χ1) is 8.85. The van der Waals surface area contributed by atoms with E-state index in [4.69, 9.17) is 5.73 Å². The number of nitro benzene ring substituents is 1. The number of anilines is 1. The Bertz CT molecular complexity index is 467. The topological polar surface area (TPSA) is 89.5 Å². The first kappa shape index (κ1) is 15.1. The summed E-state index contributed by atoms with van der Waals surface area (Å²) in [6.45, 7) is 3.73. The second-order valence-corrected chi connectivity index (χ2v) is 4.50. The second-order valence-electron chi connectivity index (χ2n) is 4.50. The van der Waals surface area contributed by atoms with Crippen molar-refractivity contribution in [2.24, 2.45) is 5.73 Å². The summed E-state index contributed by atoms with van der Waals surface area (Å²) in [4.78, 5) is 23.9. The van der Waals surface area contributed by atoms with Crippen molar-refractivity contribution in [3.8, 4) is 0 Å². The van der Waals surface area contributed by atoms with Crippen LogP contribution in [0, 0.1) is 10.1 Å². The van der Waals surface area contributed by atoms with Gasteiger partial charge in [-0.1, -0.05) is 13.8 Å². The van der Waals surface area contributed by atoms with Crippen LogP contribution in [0.4, 0.5) is 11.4 Å². The Kier molecular flexibility index (Phi) is 4.61. The number of nitro groups is 1. The van der Waals surface area contributed by atoms with Crippen molar-refractivity contribution < 1.29 is 9.72 Å². The number of non-ortho nitro benzene ring substituents is 1. The molecule has 0 aliphatic carbocycles. The lowest BCUT2D eigenvalue weighted by Crippen LogP contribution is -2.53. The summed E-state index contributed by atoms with van der Waals surface area (Å²) in [6.07, 6.45) is 1.08. The molecular formula is C13H19N3O3. The molecule has 0 heterocycles. The molecule has 0 saturated carbocycles. The summed E-state index contributed by atoms with van der Waals surface area (Å²) in [5.74, 6) is -0.189. The van der Waals surface area contributed by atoms with Gasteiger partial charge in [0.1, 0.15) is 0 Å². The average Bonchev–Trinajstić information content (AvgIpc) is 2.44. The number of likely N-dealkylation sites (N-methyl/N-ethyl adjacent to an activating group) is 1. The van der Waals surface area contributed by atoms with Gasteiger partial charge >= 0.3 is 0 Å². The smallest absolute Gasteiger partial charge is 0.269 e. The standard InChI is InChI=1S/C13H19N3O3/c1-4-13(14,5-2)12(17)15(3)10-6-8-11(9-7-10)16(18)19/h6-9H,4-5,14H2,1-3H3. The van der Waals surface area contributed by atoms with Crippen molar-refractivity contribution in [1.29, 1.82) is 0 Å².